The lowest BCUT2D eigenvalue weighted by atomic mass is 10.1. The molecule has 0 fully saturated rings. The molecule has 0 bridgehead atoms. The van der Waals surface area contributed by atoms with E-state index in [0.29, 0.717) is 10.0 Å². The van der Waals surface area contributed by atoms with Crippen molar-refractivity contribution >= 4 is 35.6 Å². The molecule has 1 unspecified atom stereocenters. The molecule has 0 saturated heterocycles. The minimum atomic E-state index is 0. The molecule has 104 valence electrons. The van der Waals surface area contributed by atoms with Gasteiger partial charge in [0.1, 0.15) is 0 Å². The molecule has 0 amide bonds. The summed E-state index contributed by atoms with van der Waals surface area (Å²) in [4.78, 5) is 0. The summed E-state index contributed by atoms with van der Waals surface area (Å²) < 4.78 is 1.79. The average Bonchev–Trinajstić information content (AvgIpc) is 2.72. The zero-order valence-corrected chi connectivity index (χ0v) is 13.1. The molecule has 0 radical (unpaired) electrons. The molecule has 2 aromatic rings. The summed E-state index contributed by atoms with van der Waals surface area (Å²) in [7, 11) is 1.91. The molecule has 0 spiro atoms. The highest BCUT2D eigenvalue weighted by molar-refractivity contribution is 6.35. The van der Waals surface area contributed by atoms with Gasteiger partial charge in [-0.05, 0) is 24.6 Å². The van der Waals surface area contributed by atoms with Crippen molar-refractivity contribution in [1.82, 2.24) is 15.1 Å². The second kappa shape index (κ2) is 7.15. The number of rotatable bonds is 4. The van der Waals surface area contributed by atoms with Crippen LogP contribution in [0.25, 0.3) is 0 Å². The Morgan fingerprint density at radius 2 is 2.11 bits per heavy atom. The number of hydrogen-bond donors (Lipinski definition) is 1. The van der Waals surface area contributed by atoms with Gasteiger partial charge in [-0.2, -0.15) is 5.10 Å². The van der Waals surface area contributed by atoms with E-state index in [9.17, 15) is 0 Å². The molecular weight excluding hydrogens is 305 g/mol. The van der Waals surface area contributed by atoms with Crippen molar-refractivity contribution in [3.8, 4) is 0 Å². The van der Waals surface area contributed by atoms with Gasteiger partial charge in [-0.25, -0.2) is 0 Å². The van der Waals surface area contributed by atoms with Crippen molar-refractivity contribution in [3.05, 3.63) is 51.8 Å². The van der Waals surface area contributed by atoms with Gasteiger partial charge >= 0.3 is 0 Å². The lowest BCUT2D eigenvalue weighted by Crippen LogP contribution is -2.18. The maximum Gasteiger partial charge on any atom is 0.0534 e. The molecule has 1 aromatic carbocycles. The van der Waals surface area contributed by atoms with Gasteiger partial charge in [0.25, 0.3) is 0 Å². The van der Waals surface area contributed by atoms with E-state index in [1.54, 1.807) is 10.7 Å². The minimum absolute atomic E-state index is 0. The van der Waals surface area contributed by atoms with E-state index in [0.717, 1.165) is 17.7 Å². The largest absolute Gasteiger partial charge is 0.306 e. The van der Waals surface area contributed by atoms with Gasteiger partial charge in [0, 0.05) is 41.4 Å². The second-order valence-corrected chi connectivity index (χ2v) is 5.13. The first-order valence-corrected chi connectivity index (χ1v) is 6.47. The molecule has 19 heavy (non-hydrogen) atoms. The van der Waals surface area contributed by atoms with Gasteiger partial charge in [-0.15, -0.1) is 12.4 Å². The number of aromatic nitrogens is 2. The molecule has 1 N–H and O–H groups in total. The summed E-state index contributed by atoms with van der Waals surface area (Å²) in [5, 5.41) is 8.88. The molecule has 0 saturated carbocycles. The lowest BCUT2D eigenvalue weighted by molar-refractivity contribution is 0.574. The molecule has 0 aliphatic carbocycles. The molecule has 1 aromatic heterocycles. The Kier molecular flexibility index (Phi) is 6.14. The van der Waals surface area contributed by atoms with Gasteiger partial charge in [0.2, 0.25) is 0 Å². The summed E-state index contributed by atoms with van der Waals surface area (Å²) in [6.07, 6.45) is 3.84. The molecular formula is C13H16Cl3N3. The van der Waals surface area contributed by atoms with Crippen molar-refractivity contribution < 1.29 is 0 Å². The topological polar surface area (TPSA) is 29.9 Å². The van der Waals surface area contributed by atoms with Gasteiger partial charge in [-0.1, -0.05) is 29.3 Å². The molecule has 0 aliphatic rings. The van der Waals surface area contributed by atoms with Crippen LogP contribution in [0.2, 0.25) is 10.0 Å². The van der Waals surface area contributed by atoms with Gasteiger partial charge in [-0.3, -0.25) is 4.68 Å². The number of benzene rings is 1. The van der Waals surface area contributed by atoms with Crippen LogP contribution in [-0.4, -0.2) is 9.78 Å². The first kappa shape index (κ1) is 16.3. The Balaban J connectivity index is 0.00000180. The van der Waals surface area contributed by atoms with Gasteiger partial charge in [0.15, 0.2) is 0 Å². The van der Waals surface area contributed by atoms with Crippen molar-refractivity contribution in [1.29, 1.82) is 0 Å². The predicted octanol–water partition coefficient (Wildman–Crippen LogP) is 4.00. The van der Waals surface area contributed by atoms with Gasteiger partial charge in [0.05, 0.1) is 6.20 Å². The summed E-state index contributed by atoms with van der Waals surface area (Å²) >= 11 is 12.1. The first-order valence-electron chi connectivity index (χ1n) is 5.72. The van der Waals surface area contributed by atoms with Crippen LogP contribution in [-0.2, 0) is 13.6 Å². The number of halogens is 3. The molecule has 2 rings (SSSR count). The van der Waals surface area contributed by atoms with Crippen LogP contribution in [0, 0.1) is 0 Å². The standard InChI is InChI=1S/C13H15Cl2N3.ClH/c1-9(12-4-3-11(14)5-13(12)15)16-6-10-7-17-18(2)8-10;/h3-5,7-9,16H,6H2,1-2H3;1H. The van der Waals surface area contributed by atoms with Crippen LogP contribution >= 0.6 is 35.6 Å². The Hall–Kier alpha value is -0.740. The van der Waals surface area contributed by atoms with Crippen LogP contribution in [0.3, 0.4) is 0 Å². The third-order valence-corrected chi connectivity index (χ3v) is 3.36. The van der Waals surface area contributed by atoms with Crippen LogP contribution < -0.4 is 5.32 Å². The predicted molar refractivity (Wildman–Crippen MR) is 82.2 cm³/mol. The SMILES string of the molecule is CC(NCc1cnn(C)c1)c1ccc(Cl)cc1Cl.Cl. The van der Waals surface area contributed by atoms with Gasteiger partial charge < -0.3 is 5.32 Å². The van der Waals surface area contributed by atoms with Crippen molar-refractivity contribution in [2.24, 2.45) is 7.05 Å². The summed E-state index contributed by atoms with van der Waals surface area (Å²) in [5.74, 6) is 0. The van der Waals surface area contributed by atoms with E-state index >= 15 is 0 Å². The number of aryl methyl sites for hydroxylation is 1. The third-order valence-electron chi connectivity index (χ3n) is 2.80. The maximum atomic E-state index is 6.17. The quantitative estimate of drug-likeness (QED) is 0.923. The number of nitrogens with one attached hydrogen (secondary N) is 1. The number of hydrogen-bond acceptors (Lipinski definition) is 2. The molecule has 6 heteroatoms. The zero-order valence-electron chi connectivity index (χ0n) is 10.7. The molecule has 1 heterocycles. The van der Waals surface area contributed by atoms with Crippen molar-refractivity contribution in [2.45, 2.75) is 19.5 Å². The normalized spacial score (nSPS) is 12.0. The summed E-state index contributed by atoms with van der Waals surface area (Å²) in [5.41, 5.74) is 2.19. The highest BCUT2D eigenvalue weighted by Gasteiger charge is 2.09. The van der Waals surface area contributed by atoms with Crippen LogP contribution in [0.15, 0.2) is 30.6 Å². The Labute approximate surface area is 129 Å². The molecule has 3 nitrogen and oxygen atoms in total. The summed E-state index contributed by atoms with van der Waals surface area (Å²) in [6.45, 7) is 2.83. The minimum Gasteiger partial charge on any atom is -0.306 e. The van der Waals surface area contributed by atoms with E-state index in [2.05, 4.69) is 17.3 Å². The number of nitrogens with zero attached hydrogens (tertiary/aromatic N) is 2. The first-order chi connectivity index (χ1) is 8.56. The van der Waals surface area contributed by atoms with E-state index in [-0.39, 0.29) is 18.4 Å². The smallest absolute Gasteiger partial charge is 0.0534 e. The van der Waals surface area contributed by atoms with E-state index in [1.807, 2.05) is 31.6 Å². The highest BCUT2D eigenvalue weighted by Crippen LogP contribution is 2.26. The molecule has 0 aliphatic heterocycles. The van der Waals surface area contributed by atoms with Crippen LogP contribution in [0.5, 0.6) is 0 Å². The average molecular weight is 321 g/mol. The van der Waals surface area contributed by atoms with E-state index in [1.165, 1.54) is 0 Å². The monoisotopic (exact) mass is 319 g/mol. The Morgan fingerprint density at radius 3 is 2.68 bits per heavy atom. The lowest BCUT2D eigenvalue weighted by Gasteiger charge is -2.15. The third kappa shape index (κ3) is 4.39. The zero-order chi connectivity index (χ0) is 13.1. The maximum absolute atomic E-state index is 6.17. The molecule has 1 atom stereocenters. The van der Waals surface area contributed by atoms with E-state index < -0.39 is 0 Å². The Morgan fingerprint density at radius 1 is 1.37 bits per heavy atom. The van der Waals surface area contributed by atoms with Crippen LogP contribution in [0.4, 0.5) is 0 Å². The Bertz CT molecular complexity index is 540. The fourth-order valence-corrected chi connectivity index (χ4v) is 2.37. The van der Waals surface area contributed by atoms with Crippen molar-refractivity contribution in [3.63, 3.8) is 0 Å². The fraction of sp³-hybridized carbons (Fsp3) is 0.308. The van der Waals surface area contributed by atoms with Crippen molar-refractivity contribution in [2.75, 3.05) is 0 Å². The fourth-order valence-electron chi connectivity index (χ4n) is 1.80. The van der Waals surface area contributed by atoms with E-state index in [4.69, 9.17) is 23.2 Å². The van der Waals surface area contributed by atoms with Crippen LogP contribution in [0.1, 0.15) is 24.1 Å². The second-order valence-electron chi connectivity index (χ2n) is 4.29. The summed E-state index contributed by atoms with van der Waals surface area (Å²) in [6, 6.07) is 5.73. The highest BCUT2D eigenvalue weighted by atomic mass is 35.5.